The first kappa shape index (κ1) is 15.8. The number of thiophene rings is 1. The van der Waals surface area contributed by atoms with Crippen molar-refractivity contribution in [2.45, 2.75) is 31.5 Å². The van der Waals surface area contributed by atoms with E-state index in [0.717, 1.165) is 0 Å². The highest BCUT2D eigenvalue weighted by molar-refractivity contribution is 7.93. The van der Waals surface area contributed by atoms with Gasteiger partial charge in [-0.3, -0.25) is 4.72 Å². The van der Waals surface area contributed by atoms with E-state index in [1.54, 1.807) is 29.6 Å². The van der Waals surface area contributed by atoms with Gasteiger partial charge in [0.05, 0.1) is 17.6 Å². The molecule has 0 spiro atoms. The van der Waals surface area contributed by atoms with E-state index in [1.165, 1.54) is 17.4 Å². The number of aliphatic hydroxyl groups excluding tert-OH is 1. The average Bonchev–Trinajstić information content (AvgIpc) is 2.89. The van der Waals surface area contributed by atoms with Crippen molar-refractivity contribution in [2.75, 3.05) is 4.72 Å². The van der Waals surface area contributed by atoms with Crippen molar-refractivity contribution in [3.8, 4) is 5.75 Å². The zero-order valence-corrected chi connectivity index (χ0v) is 13.4. The summed E-state index contributed by atoms with van der Waals surface area (Å²) in [5.74, 6) is 0.680. The van der Waals surface area contributed by atoms with E-state index in [1.807, 2.05) is 13.8 Å². The number of benzene rings is 1. The second kappa shape index (κ2) is 6.46. The molecule has 114 valence electrons. The van der Waals surface area contributed by atoms with E-state index in [-0.39, 0.29) is 17.6 Å². The third-order valence-electron chi connectivity index (χ3n) is 2.62. The number of aliphatic hydroxyl groups is 1. The molecule has 0 saturated heterocycles. The Morgan fingerprint density at radius 3 is 2.48 bits per heavy atom. The molecule has 21 heavy (non-hydrogen) atoms. The maximum Gasteiger partial charge on any atom is 0.263 e. The Labute approximate surface area is 128 Å². The summed E-state index contributed by atoms with van der Waals surface area (Å²) in [7, 11) is -3.69. The van der Waals surface area contributed by atoms with Gasteiger partial charge in [0.15, 0.2) is 0 Å². The molecule has 2 aromatic rings. The lowest BCUT2D eigenvalue weighted by atomic mass is 10.3. The van der Waals surface area contributed by atoms with Gasteiger partial charge in [0.1, 0.15) is 10.6 Å². The lowest BCUT2D eigenvalue weighted by molar-refractivity contribution is 0.242. The molecule has 0 fully saturated rings. The number of anilines is 1. The van der Waals surface area contributed by atoms with Crippen LogP contribution in [0.5, 0.6) is 5.75 Å². The summed E-state index contributed by atoms with van der Waals surface area (Å²) in [6, 6.07) is 8.17. The number of ether oxygens (including phenoxy) is 1. The Morgan fingerprint density at radius 2 is 1.90 bits per heavy atom. The Balaban J connectivity index is 2.17. The number of nitrogens with one attached hydrogen (secondary N) is 1. The monoisotopic (exact) mass is 327 g/mol. The second-order valence-electron chi connectivity index (χ2n) is 4.66. The van der Waals surface area contributed by atoms with Gasteiger partial charge in [-0.15, -0.1) is 11.3 Å². The number of hydrogen-bond donors (Lipinski definition) is 2. The topological polar surface area (TPSA) is 75.6 Å². The van der Waals surface area contributed by atoms with Gasteiger partial charge in [0.25, 0.3) is 10.0 Å². The molecule has 0 radical (unpaired) electrons. The fourth-order valence-electron chi connectivity index (χ4n) is 1.77. The van der Waals surface area contributed by atoms with E-state index in [0.29, 0.717) is 16.3 Å². The van der Waals surface area contributed by atoms with Gasteiger partial charge in [-0.2, -0.15) is 0 Å². The van der Waals surface area contributed by atoms with Crippen molar-refractivity contribution >= 4 is 27.0 Å². The lowest BCUT2D eigenvalue weighted by Crippen LogP contribution is -2.13. The molecule has 1 aromatic carbocycles. The second-order valence-corrected chi connectivity index (χ2v) is 7.31. The van der Waals surface area contributed by atoms with Crippen LogP contribution in [0.15, 0.2) is 40.6 Å². The van der Waals surface area contributed by atoms with Gasteiger partial charge < -0.3 is 9.84 Å². The van der Waals surface area contributed by atoms with E-state index >= 15 is 0 Å². The first-order valence-corrected chi connectivity index (χ1v) is 8.75. The van der Waals surface area contributed by atoms with Crippen LogP contribution in [0.3, 0.4) is 0 Å². The van der Waals surface area contributed by atoms with Crippen molar-refractivity contribution in [3.63, 3.8) is 0 Å². The van der Waals surface area contributed by atoms with Crippen LogP contribution in [0.25, 0.3) is 0 Å². The minimum absolute atomic E-state index is 0.0606. The van der Waals surface area contributed by atoms with Gasteiger partial charge in [0.2, 0.25) is 0 Å². The maximum atomic E-state index is 12.3. The first-order chi connectivity index (χ1) is 9.92. The Bertz CT molecular complexity index is 690. The quantitative estimate of drug-likeness (QED) is 0.855. The summed E-state index contributed by atoms with van der Waals surface area (Å²) < 4.78 is 32.5. The first-order valence-electron chi connectivity index (χ1n) is 6.39. The van der Waals surface area contributed by atoms with Crippen LogP contribution in [0.4, 0.5) is 5.69 Å². The molecule has 0 atom stereocenters. The summed E-state index contributed by atoms with van der Waals surface area (Å²) in [5.41, 5.74) is 0.446. The number of rotatable bonds is 6. The highest BCUT2D eigenvalue weighted by Gasteiger charge is 2.19. The van der Waals surface area contributed by atoms with Crippen LogP contribution in [-0.2, 0) is 16.6 Å². The van der Waals surface area contributed by atoms with Crippen LogP contribution in [-0.4, -0.2) is 19.6 Å². The minimum atomic E-state index is -3.69. The summed E-state index contributed by atoms with van der Waals surface area (Å²) in [4.78, 5) is 0.528. The zero-order chi connectivity index (χ0) is 15.5. The van der Waals surface area contributed by atoms with E-state index in [9.17, 15) is 8.42 Å². The molecule has 7 heteroatoms. The minimum Gasteiger partial charge on any atom is -0.491 e. The van der Waals surface area contributed by atoms with Crippen LogP contribution in [0, 0.1) is 0 Å². The third-order valence-corrected chi connectivity index (χ3v) is 5.12. The van der Waals surface area contributed by atoms with E-state index in [4.69, 9.17) is 9.84 Å². The molecule has 0 aliphatic carbocycles. The normalized spacial score (nSPS) is 11.6. The SMILES string of the molecule is CC(C)Oc1ccc(NS(=O)(=O)c2ccsc2CO)cc1. The number of hydrogen-bond acceptors (Lipinski definition) is 5. The van der Waals surface area contributed by atoms with Crippen LogP contribution in [0.1, 0.15) is 18.7 Å². The van der Waals surface area contributed by atoms with E-state index in [2.05, 4.69) is 4.72 Å². The summed E-state index contributed by atoms with van der Waals surface area (Å²) in [5, 5.41) is 10.8. The summed E-state index contributed by atoms with van der Waals surface area (Å²) in [6.45, 7) is 3.54. The Kier molecular flexibility index (Phi) is 4.87. The summed E-state index contributed by atoms with van der Waals surface area (Å²) >= 11 is 1.21. The van der Waals surface area contributed by atoms with Crippen molar-refractivity contribution < 1.29 is 18.3 Å². The molecule has 2 rings (SSSR count). The van der Waals surface area contributed by atoms with Crippen molar-refractivity contribution in [3.05, 3.63) is 40.6 Å². The fraction of sp³-hybridized carbons (Fsp3) is 0.286. The fourth-order valence-corrected chi connectivity index (χ4v) is 4.12. The third kappa shape index (κ3) is 3.96. The highest BCUT2D eigenvalue weighted by Crippen LogP contribution is 2.25. The predicted octanol–water partition coefficient (Wildman–Crippen LogP) is 2.83. The van der Waals surface area contributed by atoms with Gasteiger partial charge in [-0.05, 0) is 49.6 Å². The molecule has 0 unspecified atom stereocenters. The Hall–Kier alpha value is -1.57. The van der Waals surface area contributed by atoms with E-state index < -0.39 is 10.0 Å². The standard InChI is InChI=1S/C14H17NO4S2/c1-10(2)19-12-5-3-11(4-6-12)15-21(17,18)14-7-8-20-13(14)9-16/h3-8,10,15-16H,9H2,1-2H3. The van der Waals surface area contributed by atoms with Gasteiger partial charge in [-0.25, -0.2) is 8.42 Å². The summed E-state index contributed by atoms with van der Waals surface area (Å²) in [6.07, 6.45) is 0.0606. The van der Waals surface area contributed by atoms with Crippen LogP contribution in [0.2, 0.25) is 0 Å². The molecule has 1 heterocycles. The molecule has 0 aliphatic rings. The molecule has 2 N–H and O–H groups in total. The van der Waals surface area contributed by atoms with Crippen molar-refractivity contribution in [2.24, 2.45) is 0 Å². The molecular formula is C14H17NO4S2. The largest absolute Gasteiger partial charge is 0.491 e. The molecule has 0 bridgehead atoms. The molecule has 0 saturated carbocycles. The maximum absolute atomic E-state index is 12.3. The number of sulfonamides is 1. The Morgan fingerprint density at radius 1 is 1.24 bits per heavy atom. The zero-order valence-electron chi connectivity index (χ0n) is 11.7. The van der Waals surface area contributed by atoms with Crippen molar-refractivity contribution in [1.29, 1.82) is 0 Å². The predicted molar refractivity (Wildman–Crippen MR) is 83.3 cm³/mol. The average molecular weight is 327 g/mol. The van der Waals surface area contributed by atoms with Crippen LogP contribution < -0.4 is 9.46 Å². The lowest BCUT2D eigenvalue weighted by Gasteiger charge is -2.11. The molecule has 5 nitrogen and oxygen atoms in total. The molecule has 0 aliphatic heterocycles. The van der Waals surface area contributed by atoms with Crippen molar-refractivity contribution in [1.82, 2.24) is 0 Å². The van der Waals surface area contributed by atoms with Gasteiger partial charge in [-0.1, -0.05) is 0 Å². The highest BCUT2D eigenvalue weighted by atomic mass is 32.2. The van der Waals surface area contributed by atoms with Gasteiger partial charge >= 0.3 is 0 Å². The molecule has 0 amide bonds. The molecular weight excluding hydrogens is 310 g/mol. The van der Waals surface area contributed by atoms with Crippen LogP contribution >= 0.6 is 11.3 Å². The molecule has 1 aromatic heterocycles. The smallest absolute Gasteiger partial charge is 0.263 e. The van der Waals surface area contributed by atoms with Gasteiger partial charge in [0, 0.05) is 5.69 Å².